The minimum Gasteiger partial charge on any atom is -0.362 e. The summed E-state index contributed by atoms with van der Waals surface area (Å²) in [5, 5.41) is 8.99. The standard InChI is InChI=1S/C28H37N4/c1-6-7-8-9-10-24-11-13-26(14-12-24)23-31(19-20-32(3,4)5)28-17-15-25(16-18-28)21-27(22-29)30-2/h11-18,21H,6-10,19-20,23H2,1,3-5H3/q+1. The maximum Gasteiger partial charge on any atom is 0.262 e. The van der Waals surface area contributed by atoms with Crippen molar-refractivity contribution < 1.29 is 4.48 Å². The van der Waals surface area contributed by atoms with Gasteiger partial charge in [-0.25, -0.2) is 10.1 Å². The van der Waals surface area contributed by atoms with Gasteiger partial charge in [-0.2, -0.15) is 0 Å². The molecule has 0 saturated carbocycles. The van der Waals surface area contributed by atoms with Crippen LogP contribution in [0, 0.1) is 17.9 Å². The molecule has 4 heteroatoms. The fourth-order valence-electron chi connectivity index (χ4n) is 3.54. The first-order valence-electron chi connectivity index (χ1n) is 11.6. The lowest BCUT2D eigenvalue weighted by Crippen LogP contribution is -2.42. The van der Waals surface area contributed by atoms with E-state index in [1.54, 1.807) is 6.08 Å². The Morgan fingerprint density at radius 2 is 1.66 bits per heavy atom. The second-order valence-corrected chi connectivity index (χ2v) is 9.41. The summed E-state index contributed by atoms with van der Waals surface area (Å²) in [5.41, 5.74) is 4.87. The quantitative estimate of drug-likeness (QED) is 0.171. The molecule has 2 aromatic rings. The van der Waals surface area contributed by atoms with Crippen LogP contribution in [0.2, 0.25) is 0 Å². The molecule has 0 saturated heterocycles. The van der Waals surface area contributed by atoms with Gasteiger partial charge in [-0.05, 0) is 47.7 Å². The van der Waals surface area contributed by atoms with Crippen LogP contribution in [0.3, 0.4) is 0 Å². The van der Waals surface area contributed by atoms with E-state index in [9.17, 15) is 0 Å². The van der Waals surface area contributed by atoms with Gasteiger partial charge in [0.25, 0.3) is 5.70 Å². The van der Waals surface area contributed by atoms with E-state index in [2.05, 4.69) is 74.2 Å². The second-order valence-electron chi connectivity index (χ2n) is 9.41. The number of aryl methyl sites for hydroxylation is 1. The number of nitrogens with zero attached hydrogens (tertiary/aromatic N) is 4. The largest absolute Gasteiger partial charge is 0.362 e. The van der Waals surface area contributed by atoms with Crippen LogP contribution in [0.5, 0.6) is 0 Å². The fraction of sp³-hybridized carbons (Fsp3) is 0.429. The Balaban J connectivity index is 2.13. The van der Waals surface area contributed by atoms with E-state index in [1.807, 2.05) is 18.2 Å². The molecule has 2 rings (SSSR count). The topological polar surface area (TPSA) is 31.4 Å². The number of unbranched alkanes of at least 4 members (excludes halogenated alkanes) is 3. The number of likely N-dealkylation sites (N-methyl/N-ethyl adjacent to an activating group) is 1. The Labute approximate surface area is 194 Å². The van der Waals surface area contributed by atoms with Crippen molar-refractivity contribution in [3.63, 3.8) is 0 Å². The molecule has 0 heterocycles. The molecule has 0 aliphatic heterocycles. The number of benzene rings is 2. The number of anilines is 1. The van der Waals surface area contributed by atoms with Gasteiger partial charge in [0.15, 0.2) is 0 Å². The molecule has 2 aromatic carbocycles. The summed E-state index contributed by atoms with van der Waals surface area (Å²) in [6.07, 6.45) is 7.97. The number of allylic oxidation sites excluding steroid dienone is 1. The van der Waals surface area contributed by atoms with Gasteiger partial charge in [0.1, 0.15) is 0 Å². The summed E-state index contributed by atoms with van der Waals surface area (Å²) in [5.74, 6) is 0. The van der Waals surface area contributed by atoms with E-state index < -0.39 is 0 Å². The number of rotatable bonds is 12. The third kappa shape index (κ3) is 8.96. The minimum atomic E-state index is 0.106. The van der Waals surface area contributed by atoms with Crippen LogP contribution < -0.4 is 4.90 Å². The van der Waals surface area contributed by atoms with Gasteiger partial charge in [-0.3, -0.25) is 0 Å². The van der Waals surface area contributed by atoms with Crippen LogP contribution in [0.15, 0.2) is 54.2 Å². The van der Waals surface area contributed by atoms with Crippen molar-refractivity contribution in [2.45, 2.75) is 45.6 Å². The minimum absolute atomic E-state index is 0.106. The highest BCUT2D eigenvalue weighted by Gasteiger charge is 2.13. The van der Waals surface area contributed by atoms with E-state index in [0.29, 0.717) is 0 Å². The Kier molecular flexibility index (Phi) is 9.99. The highest BCUT2D eigenvalue weighted by atomic mass is 15.3. The molecule has 0 atom stereocenters. The molecule has 168 valence electrons. The van der Waals surface area contributed by atoms with Gasteiger partial charge < -0.3 is 9.38 Å². The van der Waals surface area contributed by atoms with Crippen molar-refractivity contribution in [3.8, 4) is 6.07 Å². The highest BCUT2D eigenvalue weighted by Crippen LogP contribution is 2.20. The number of nitriles is 1. The fourth-order valence-corrected chi connectivity index (χ4v) is 3.54. The van der Waals surface area contributed by atoms with Gasteiger partial charge in [0.05, 0.1) is 46.9 Å². The molecule has 32 heavy (non-hydrogen) atoms. The first kappa shape index (κ1) is 25.2. The zero-order chi connectivity index (χ0) is 23.4. The third-order valence-corrected chi connectivity index (χ3v) is 5.55. The van der Waals surface area contributed by atoms with E-state index in [1.165, 1.54) is 36.8 Å². The van der Waals surface area contributed by atoms with E-state index in [4.69, 9.17) is 11.8 Å². The smallest absolute Gasteiger partial charge is 0.262 e. The van der Waals surface area contributed by atoms with Gasteiger partial charge in [0, 0.05) is 12.2 Å². The molecule has 0 aliphatic rings. The molecule has 0 N–H and O–H groups in total. The van der Waals surface area contributed by atoms with E-state index in [-0.39, 0.29) is 5.70 Å². The van der Waals surface area contributed by atoms with E-state index >= 15 is 0 Å². The summed E-state index contributed by atoms with van der Waals surface area (Å²) in [6, 6.07) is 19.1. The normalized spacial score (nSPS) is 11.6. The average molecular weight is 430 g/mol. The van der Waals surface area contributed by atoms with Crippen LogP contribution >= 0.6 is 0 Å². The van der Waals surface area contributed by atoms with Crippen LogP contribution in [-0.4, -0.2) is 38.7 Å². The Hall–Kier alpha value is -3.08. The lowest BCUT2D eigenvalue weighted by Gasteiger charge is -2.30. The summed E-state index contributed by atoms with van der Waals surface area (Å²) < 4.78 is 0.907. The van der Waals surface area contributed by atoms with Crippen LogP contribution in [0.1, 0.15) is 49.3 Å². The number of hydrogen-bond acceptors (Lipinski definition) is 2. The van der Waals surface area contributed by atoms with Crippen molar-refractivity contribution >= 4 is 11.8 Å². The molecule has 0 radical (unpaired) electrons. The van der Waals surface area contributed by atoms with Crippen LogP contribution in [-0.2, 0) is 13.0 Å². The van der Waals surface area contributed by atoms with Crippen LogP contribution in [0.25, 0.3) is 10.9 Å². The number of quaternary nitrogens is 1. The first-order chi connectivity index (χ1) is 15.3. The lowest BCUT2D eigenvalue weighted by molar-refractivity contribution is -0.868. The molecule has 0 spiro atoms. The molecule has 0 unspecified atom stereocenters. The van der Waals surface area contributed by atoms with Crippen molar-refractivity contribution in [1.82, 2.24) is 0 Å². The maximum atomic E-state index is 8.99. The van der Waals surface area contributed by atoms with E-state index in [0.717, 1.165) is 41.8 Å². The highest BCUT2D eigenvalue weighted by molar-refractivity contribution is 5.61. The van der Waals surface area contributed by atoms with Crippen molar-refractivity contribution in [2.75, 3.05) is 39.1 Å². The van der Waals surface area contributed by atoms with Gasteiger partial charge >= 0.3 is 0 Å². The van der Waals surface area contributed by atoms with Gasteiger partial charge in [-0.1, -0.05) is 62.6 Å². The Bertz CT molecular complexity index is 919. The lowest BCUT2D eigenvalue weighted by atomic mass is 10.0. The predicted octanol–water partition coefficient (Wildman–Crippen LogP) is 6.31. The molecular formula is C28H37N4+. The SMILES string of the molecule is [C-]#[N+]C(C#N)=Cc1ccc(N(CC[N+](C)(C)C)Cc2ccc(CCCCCC)cc2)cc1. The molecular weight excluding hydrogens is 392 g/mol. The first-order valence-corrected chi connectivity index (χ1v) is 11.6. The molecule has 0 bridgehead atoms. The Morgan fingerprint density at radius 3 is 2.22 bits per heavy atom. The Morgan fingerprint density at radius 1 is 1.00 bits per heavy atom. The van der Waals surface area contributed by atoms with Crippen molar-refractivity contribution in [2.24, 2.45) is 0 Å². The second kappa shape index (κ2) is 12.7. The molecule has 0 amide bonds. The summed E-state index contributed by atoms with van der Waals surface area (Å²) in [4.78, 5) is 5.65. The zero-order valence-corrected chi connectivity index (χ0v) is 20.1. The summed E-state index contributed by atoms with van der Waals surface area (Å²) in [7, 11) is 6.65. The van der Waals surface area contributed by atoms with Crippen LogP contribution in [0.4, 0.5) is 5.69 Å². The molecule has 0 aromatic heterocycles. The third-order valence-electron chi connectivity index (χ3n) is 5.55. The van der Waals surface area contributed by atoms with Gasteiger partial charge in [-0.15, -0.1) is 0 Å². The molecule has 4 nitrogen and oxygen atoms in total. The monoisotopic (exact) mass is 429 g/mol. The van der Waals surface area contributed by atoms with Crippen molar-refractivity contribution in [3.05, 3.63) is 82.3 Å². The average Bonchev–Trinajstić information content (AvgIpc) is 2.78. The molecule has 0 fully saturated rings. The van der Waals surface area contributed by atoms with Crippen molar-refractivity contribution in [1.29, 1.82) is 5.26 Å². The molecule has 0 aliphatic carbocycles. The summed E-state index contributed by atoms with van der Waals surface area (Å²) in [6.45, 7) is 12.1. The zero-order valence-electron chi connectivity index (χ0n) is 20.1. The maximum absolute atomic E-state index is 8.99. The number of hydrogen-bond donors (Lipinski definition) is 0. The summed E-state index contributed by atoms with van der Waals surface area (Å²) >= 11 is 0. The predicted molar refractivity (Wildman–Crippen MR) is 135 cm³/mol. The van der Waals surface area contributed by atoms with Gasteiger partial charge in [0.2, 0.25) is 0 Å².